The molecule has 0 heterocycles. The number of ketones is 1. The largest absolute Gasteiger partial charge is 0.289 e. The van der Waals surface area contributed by atoms with Gasteiger partial charge in [0.1, 0.15) is 0 Å². The maximum Gasteiger partial charge on any atom is 0.269 e. The van der Waals surface area contributed by atoms with Crippen LogP contribution in [-0.2, 0) is 4.79 Å². The first kappa shape index (κ1) is 15.9. The van der Waals surface area contributed by atoms with E-state index in [4.69, 9.17) is 0 Å². The lowest BCUT2D eigenvalue weighted by atomic mass is 9.87. The molecule has 1 saturated carbocycles. The van der Waals surface area contributed by atoms with Gasteiger partial charge in [0.25, 0.3) is 5.69 Å². The number of nitro groups is 1. The van der Waals surface area contributed by atoms with Crippen LogP contribution >= 0.6 is 0 Å². The van der Waals surface area contributed by atoms with Gasteiger partial charge in [-0.1, -0.05) is 30.3 Å². The molecule has 1 aliphatic rings. The highest BCUT2D eigenvalue weighted by molar-refractivity contribution is 6.13. The van der Waals surface area contributed by atoms with Crippen LogP contribution in [0.2, 0.25) is 0 Å². The third-order valence-electron chi connectivity index (χ3n) is 4.06. The van der Waals surface area contributed by atoms with Crippen molar-refractivity contribution < 1.29 is 9.72 Å². The Kier molecular flexibility index (Phi) is 4.66. The van der Waals surface area contributed by atoms with E-state index >= 15 is 0 Å². The van der Waals surface area contributed by atoms with Gasteiger partial charge < -0.3 is 0 Å². The highest BCUT2D eigenvalue weighted by Gasteiger charge is 2.20. The number of hydrogen-bond acceptors (Lipinski definition) is 3. The van der Waals surface area contributed by atoms with Crippen molar-refractivity contribution >= 4 is 23.6 Å². The molecule has 0 spiro atoms. The molecule has 0 saturated heterocycles. The summed E-state index contributed by atoms with van der Waals surface area (Å²) in [4.78, 5) is 22.9. The fourth-order valence-corrected chi connectivity index (χ4v) is 2.82. The molecule has 120 valence electrons. The van der Waals surface area contributed by atoms with E-state index in [-0.39, 0.29) is 11.5 Å². The van der Waals surface area contributed by atoms with Gasteiger partial charge >= 0.3 is 0 Å². The Bertz CT molecular complexity index is 818. The van der Waals surface area contributed by atoms with Crippen LogP contribution in [0.5, 0.6) is 0 Å². The lowest BCUT2D eigenvalue weighted by Gasteiger charge is -2.16. The molecule has 4 nitrogen and oxygen atoms in total. The normalized spacial score (nSPS) is 18.1. The average molecular weight is 319 g/mol. The van der Waals surface area contributed by atoms with E-state index in [1.54, 1.807) is 12.1 Å². The van der Waals surface area contributed by atoms with Crippen LogP contribution in [0.3, 0.4) is 0 Å². The van der Waals surface area contributed by atoms with Crippen molar-refractivity contribution in [1.82, 2.24) is 0 Å². The van der Waals surface area contributed by atoms with Gasteiger partial charge in [0.15, 0.2) is 5.78 Å². The van der Waals surface area contributed by atoms with Crippen molar-refractivity contribution in [3.8, 4) is 0 Å². The van der Waals surface area contributed by atoms with E-state index in [2.05, 4.69) is 0 Å². The van der Waals surface area contributed by atoms with Gasteiger partial charge in [-0.3, -0.25) is 14.9 Å². The molecule has 3 rings (SSSR count). The third kappa shape index (κ3) is 3.66. The van der Waals surface area contributed by atoms with E-state index in [9.17, 15) is 14.9 Å². The number of nitro benzene ring substituents is 1. The van der Waals surface area contributed by atoms with Crippen molar-refractivity contribution in [2.45, 2.75) is 19.3 Å². The fraction of sp³-hybridized carbons (Fsp3) is 0.150. The lowest BCUT2D eigenvalue weighted by molar-refractivity contribution is -0.384. The Balaban J connectivity index is 1.84. The van der Waals surface area contributed by atoms with Crippen LogP contribution in [0.25, 0.3) is 12.2 Å². The van der Waals surface area contributed by atoms with Gasteiger partial charge in [-0.25, -0.2) is 0 Å². The van der Waals surface area contributed by atoms with Crippen LogP contribution in [0, 0.1) is 10.1 Å². The molecule has 0 bridgehead atoms. The lowest BCUT2D eigenvalue weighted by Crippen LogP contribution is -2.12. The summed E-state index contributed by atoms with van der Waals surface area (Å²) < 4.78 is 0. The molecule has 4 heteroatoms. The zero-order chi connectivity index (χ0) is 16.9. The van der Waals surface area contributed by atoms with Gasteiger partial charge in [-0.15, -0.1) is 0 Å². The molecule has 24 heavy (non-hydrogen) atoms. The molecule has 0 amide bonds. The minimum absolute atomic E-state index is 0.0526. The molecule has 0 atom stereocenters. The van der Waals surface area contributed by atoms with E-state index in [0.29, 0.717) is 0 Å². The molecule has 0 aromatic heterocycles. The number of rotatable bonds is 3. The second-order valence-electron chi connectivity index (χ2n) is 5.78. The first-order valence-corrected chi connectivity index (χ1v) is 7.89. The second-order valence-corrected chi connectivity index (χ2v) is 5.78. The molecule has 1 fully saturated rings. The van der Waals surface area contributed by atoms with Crippen LogP contribution in [0.4, 0.5) is 5.69 Å². The highest BCUT2D eigenvalue weighted by Crippen LogP contribution is 2.28. The number of hydrogen-bond donors (Lipinski definition) is 0. The zero-order valence-corrected chi connectivity index (χ0v) is 13.1. The molecular formula is C20H17NO3. The molecule has 1 aliphatic carbocycles. The molecule has 2 aromatic carbocycles. The van der Waals surface area contributed by atoms with Gasteiger partial charge in [-0.05, 0) is 54.7 Å². The summed E-state index contributed by atoms with van der Waals surface area (Å²) in [5, 5.41) is 10.7. The van der Waals surface area contributed by atoms with Crippen molar-refractivity contribution in [2.75, 3.05) is 0 Å². The summed E-state index contributed by atoms with van der Waals surface area (Å²) in [7, 11) is 0. The molecule has 0 unspecified atom stereocenters. The smallest absolute Gasteiger partial charge is 0.269 e. The van der Waals surface area contributed by atoms with Crippen molar-refractivity contribution in [3.63, 3.8) is 0 Å². The van der Waals surface area contributed by atoms with E-state index < -0.39 is 4.92 Å². The number of non-ortho nitro benzene ring substituents is 1. The van der Waals surface area contributed by atoms with Gasteiger partial charge in [0.05, 0.1) is 4.92 Å². The van der Waals surface area contributed by atoms with Crippen LogP contribution in [0.15, 0.2) is 65.7 Å². The number of benzene rings is 2. The Morgan fingerprint density at radius 3 is 1.92 bits per heavy atom. The SMILES string of the molecule is O=C1/C(=C\c2ccccc2)CCC/C1=C/c1ccc([N+](=O)[O-])cc1. The maximum atomic E-state index is 12.7. The standard InChI is InChI=1S/C20H17NO3/c22-20-17(13-15-5-2-1-3-6-15)7-4-8-18(20)14-16-9-11-19(12-10-16)21(23)24/h1-3,5-6,9-14H,4,7-8H2/b17-13-,18-14-. The Morgan fingerprint density at radius 1 is 0.833 bits per heavy atom. The summed E-state index contributed by atoms with van der Waals surface area (Å²) >= 11 is 0. The maximum absolute atomic E-state index is 12.7. The number of carbonyl (C=O) groups is 1. The van der Waals surface area contributed by atoms with Crippen LogP contribution < -0.4 is 0 Å². The number of nitrogens with zero attached hydrogens (tertiary/aromatic N) is 1. The summed E-state index contributed by atoms with van der Waals surface area (Å²) in [5.41, 5.74) is 3.47. The number of Topliss-reactive ketones (excluding diaryl/α,β-unsaturated/α-hetero) is 1. The van der Waals surface area contributed by atoms with E-state index in [1.165, 1.54) is 12.1 Å². The topological polar surface area (TPSA) is 60.2 Å². The van der Waals surface area contributed by atoms with Crippen molar-refractivity contribution in [3.05, 3.63) is 87.0 Å². The Hall–Kier alpha value is -3.01. The minimum atomic E-state index is -0.427. The quantitative estimate of drug-likeness (QED) is 0.463. The minimum Gasteiger partial charge on any atom is -0.289 e. The summed E-state index contributed by atoms with van der Waals surface area (Å²) in [6.45, 7) is 0. The predicted molar refractivity (Wildman–Crippen MR) is 94.4 cm³/mol. The monoisotopic (exact) mass is 319 g/mol. The van der Waals surface area contributed by atoms with Gasteiger partial charge in [-0.2, -0.15) is 0 Å². The molecular weight excluding hydrogens is 302 g/mol. The first-order chi connectivity index (χ1) is 11.6. The van der Waals surface area contributed by atoms with Gasteiger partial charge in [0, 0.05) is 23.3 Å². The third-order valence-corrected chi connectivity index (χ3v) is 4.06. The molecule has 0 aliphatic heterocycles. The fourth-order valence-electron chi connectivity index (χ4n) is 2.82. The second kappa shape index (κ2) is 7.04. The van der Waals surface area contributed by atoms with Gasteiger partial charge in [0.2, 0.25) is 0 Å². The molecule has 0 N–H and O–H groups in total. The van der Waals surface area contributed by atoms with Crippen molar-refractivity contribution in [1.29, 1.82) is 0 Å². The summed E-state index contributed by atoms with van der Waals surface area (Å²) in [6, 6.07) is 16.1. The zero-order valence-electron chi connectivity index (χ0n) is 13.1. The predicted octanol–water partition coefficient (Wildman–Crippen LogP) is 4.81. The number of allylic oxidation sites excluding steroid dienone is 2. The van der Waals surface area contributed by atoms with Crippen LogP contribution in [-0.4, -0.2) is 10.7 Å². The summed E-state index contributed by atoms with van der Waals surface area (Å²) in [6.07, 6.45) is 6.24. The first-order valence-electron chi connectivity index (χ1n) is 7.89. The molecule has 2 aromatic rings. The Morgan fingerprint density at radius 2 is 1.38 bits per heavy atom. The Labute approximate surface area is 140 Å². The summed E-state index contributed by atoms with van der Waals surface area (Å²) in [5.74, 6) is 0.0726. The van der Waals surface area contributed by atoms with E-state index in [1.807, 2.05) is 42.5 Å². The van der Waals surface area contributed by atoms with E-state index in [0.717, 1.165) is 41.5 Å². The average Bonchev–Trinajstić information content (AvgIpc) is 2.60. The van der Waals surface area contributed by atoms with Crippen molar-refractivity contribution in [2.24, 2.45) is 0 Å². The van der Waals surface area contributed by atoms with Crippen LogP contribution in [0.1, 0.15) is 30.4 Å². The number of carbonyl (C=O) groups excluding carboxylic acids is 1. The highest BCUT2D eigenvalue weighted by atomic mass is 16.6. The molecule has 0 radical (unpaired) electrons.